The van der Waals surface area contributed by atoms with E-state index in [0.29, 0.717) is 28.8 Å². The number of hydrogen-bond acceptors (Lipinski definition) is 4. The van der Waals surface area contributed by atoms with E-state index in [4.69, 9.17) is 26.8 Å². The van der Waals surface area contributed by atoms with E-state index in [9.17, 15) is 0 Å². The molecule has 0 bridgehead atoms. The molecule has 2 aromatic rings. The Kier molecular flexibility index (Phi) is 3.89. The predicted octanol–water partition coefficient (Wildman–Crippen LogP) is 2.90. The maximum atomic E-state index is 5.82. The van der Waals surface area contributed by atoms with Gasteiger partial charge in [-0.3, -0.25) is 4.98 Å². The molecule has 18 heavy (non-hydrogen) atoms. The smallest absolute Gasteiger partial charge is 0.139 e. The number of nitrogen functional groups attached to an aromatic ring is 1. The van der Waals surface area contributed by atoms with Crippen LogP contribution in [0.3, 0.4) is 0 Å². The van der Waals surface area contributed by atoms with Gasteiger partial charge < -0.3 is 15.2 Å². The lowest BCUT2D eigenvalue weighted by Gasteiger charge is -2.10. The zero-order chi connectivity index (χ0) is 13.0. The van der Waals surface area contributed by atoms with Crippen LogP contribution in [0, 0.1) is 0 Å². The van der Waals surface area contributed by atoms with Gasteiger partial charge in [0.1, 0.15) is 18.1 Å². The van der Waals surface area contributed by atoms with Gasteiger partial charge >= 0.3 is 0 Å². The Bertz CT molecular complexity index is 546. The lowest BCUT2D eigenvalue weighted by atomic mass is 10.2. The number of nitrogens with zero attached hydrogens (tertiary/aromatic N) is 1. The molecule has 1 aromatic heterocycles. The number of aromatic nitrogens is 1. The van der Waals surface area contributed by atoms with Crippen molar-refractivity contribution in [2.24, 2.45) is 0 Å². The summed E-state index contributed by atoms with van der Waals surface area (Å²) in [5, 5.41) is 0.539. The molecular formula is C13H13ClN2O2. The summed E-state index contributed by atoms with van der Waals surface area (Å²) < 4.78 is 10.8. The van der Waals surface area contributed by atoms with Gasteiger partial charge in [-0.2, -0.15) is 0 Å². The average molecular weight is 265 g/mol. The number of hydrogen-bond donors (Lipinski definition) is 1. The lowest BCUT2D eigenvalue weighted by molar-refractivity contribution is 0.295. The Morgan fingerprint density at radius 3 is 2.83 bits per heavy atom. The van der Waals surface area contributed by atoms with Gasteiger partial charge in [-0.25, -0.2) is 0 Å². The van der Waals surface area contributed by atoms with Crippen molar-refractivity contribution >= 4 is 17.3 Å². The molecule has 2 rings (SSSR count). The van der Waals surface area contributed by atoms with Crippen molar-refractivity contribution in [1.29, 1.82) is 0 Å². The van der Waals surface area contributed by atoms with E-state index in [1.54, 1.807) is 37.7 Å². The standard InChI is InChI=1S/C13H13ClN2O2/c1-17-13-5-11(15)3-2-9(13)8-18-12-4-10(14)6-16-7-12/h2-7H,8,15H2,1H3. The molecule has 2 N–H and O–H groups in total. The second-order valence-corrected chi connectivity index (χ2v) is 4.14. The predicted molar refractivity (Wildman–Crippen MR) is 71.0 cm³/mol. The average Bonchev–Trinajstić information content (AvgIpc) is 2.37. The molecule has 0 radical (unpaired) electrons. The lowest BCUT2D eigenvalue weighted by Crippen LogP contribution is -2.00. The Morgan fingerprint density at radius 2 is 2.11 bits per heavy atom. The van der Waals surface area contributed by atoms with E-state index >= 15 is 0 Å². The fourth-order valence-corrected chi connectivity index (χ4v) is 1.68. The third-order valence-corrected chi connectivity index (χ3v) is 2.59. The van der Waals surface area contributed by atoms with Crippen molar-refractivity contribution in [3.05, 3.63) is 47.2 Å². The molecular weight excluding hydrogens is 252 g/mol. The number of pyridine rings is 1. The van der Waals surface area contributed by atoms with Crippen molar-refractivity contribution < 1.29 is 9.47 Å². The van der Waals surface area contributed by atoms with E-state index < -0.39 is 0 Å². The first-order valence-corrected chi connectivity index (χ1v) is 5.72. The molecule has 0 atom stereocenters. The third kappa shape index (κ3) is 3.05. The normalized spacial score (nSPS) is 10.1. The Hall–Kier alpha value is -1.94. The maximum absolute atomic E-state index is 5.82. The number of anilines is 1. The summed E-state index contributed by atoms with van der Waals surface area (Å²) in [6, 6.07) is 7.14. The van der Waals surface area contributed by atoms with Crippen molar-refractivity contribution in [2.75, 3.05) is 12.8 Å². The number of nitrogens with two attached hydrogens (primary N) is 1. The van der Waals surface area contributed by atoms with Crippen LogP contribution in [-0.4, -0.2) is 12.1 Å². The largest absolute Gasteiger partial charge is 0.496 e. The van der Waals surface area contributed by atoms with Crippen LogP contribution in [0.2, 0.25) is 5.02 Å². The number of methoxy groups -OCH3 is 1. The van der Waals surface area contributed by atoms with Crippen molar-refractivity contribution in [3.63, 3.8) is 0 Å². The first-order valence-electron chi connectivity index (χ1n) is 5.35. The summed E-state index contributed by atoms with van der Waals surface area (Å²) in [6.45, 7) is 0.367. The molecule has 0 aliphatic rings. The molecule has 0 fully saturated rings. The molecule has 0 amide bonds. The van der Waals surface area contributed by atoms with E-state index in [0.717, 1.165) is 5.56 Å². The monoisotopic (exact) mass is 264 g/mol. The molecule has 94 valence electrons. The molecule has 0 saturated carbocycles. The first-order chi connectivity index (χ1) is 8.69. The van der Waals surface area contributed by atoms with Gasteiger partial charge in [0, 0.05) is 29.6 Å². The maximum Gasteiger partial charge on any atom is 0.139 e. The van der Waals surface area contributed by atoms with Gasteiger partial charge in [0.15, 0.2) is 0 Å². The molecule has 1 heterocycles. The minimum atomic E-state index is 0.367. The minimum Gasteiger partial charge on any atom is -0.496 e. The molecule has 0 aliphatic heterocycles. The number of benzene rings is 1. The summed E-state index contributed by atoms with van der Waals surface area (Å²) in [5.41, 5.74) is 7.24. The van der Waals surface area contributed by atoms with Crippen LogP contribution in [0.5, 0.6) is 11.5 Å². The van der Waals surface area contributed by atoms with Gasteiger partial charge in [0.05, 0.1) is 18.3 Å². The zero-order valence-corrected chi connectivity index (χ0v) is 10.6. The van der Waals surface area contributed by atoms with E-state index in [2.05, 4.69) is 4.98 Å². The van der Waals surface area contributed by atoms with Gasteiger partial charge in [0.25, 0.3) is 0 Å². The summed E-state index contributed by atoms with van der Waals surface area (Å²) in [7, 11) is 1.60. The van der Waals surface area contributed by atoms with E-state index in [-0.39, 0.29) is 0 Å². The van der Waals surface area contributed by atoms with E-state index in [1.165, 1.54) is 0 Å². The van der Waals surface area contributed by atoms with Crippen molar-refractivity contribution in [1.82, 2.24) is 4.98 Å². The second kappa shape index (κ2) is 5.60. The molecule has 0 saturated heterocycles. The van der Waals surface area contributed by atoms with Crippen molar-refractivity contribution in [3.8, 4) is 11.5 Å². The highest BCUT2D eigenvalue weighted by molar-refractivity contribution is 6.30. The van der Waals surface area contributed by atoms with Crippen LogP contribution in [0.15, 0.2) is 36.7 Å². The zero-order valence-electron chi connectivity index (χ0n) is 9.89. The van der Waals surface area contributed by atoms with Gasteiger partial charge in [-0.15, -0.1) is 0 Å². The van der Waals surface area contributed by atoms with Crippen LogP contribution < -0.4 is 15.2 Å². The summed E-state index contributed by atoms with van der Waals surface area (Å²) in [5.74, 6) is 1.31. The highest BCUT2D eigenvalue weighted by atomic mass is 35.5. The van der Waals surface area contributed by atoms with Crippen molar-refractivity contribution in [2.45, 2.75) is 6.61 Å². The Morgan fingerprint density at radius 1 is 1.28 bits per heavy atom. The van der Waals surface area contributed by atoms with Gasteiger partial charge in [0.2, 0.25) is 0 Å². The first kappa shape index (κ1) is 12.5. The molecule has 0 aliphatic carbocycles. The molecule has 5 heteroatoms. The Labute approximate surface area is 110 Å². The van der Waals surface area contributed by atoms with Crippen LogP contribution >= 0.6 is 11.6 Å². The van der Waals surface area contributed by atoms with Crippen LogP contribution in [0.1, 0.15) is 5.56 Å². The number of rotatable bonds is 4. The molecule has 0 spiro atoms. The Balaban J connectivity index is 2.10. The summed E-state index contributed by atoms with van der Waals surface area (Å²) in [4.78, 5) is 3.95. The van der Waals surface area contributed by atoms with Crippen LogP contribution in [0.25, 0.3) is 0 Å². The SMILES string of the molecule is COc1cc(N)ccc1COc1cncc(Cl)c1. The highest BCUT2D eigenvalue weighted by Crippen LogP contribution is 2.23. The number of ether oxygens (including phenoxy) is 2. The van der Waals surface area contributed by atoms with Crippen LogP contribution in [0.4, 0.5) is 5.69 Å². The fraction of sp³-hybridized carbons (Fsp3) is 0.154. The second-order valence-electron chi connectivity index (χ2n) is 3.70. The molecule has 4 nitrogen and oxygen atoms in total. The number of halogens is 1. The highest BCUT2D eigenvalue weighted by Gasteiger charge is 2.05. The van der Waals surface area contributed by atoms with E-state index in [1.807, 2.05) is 6.07 Å². The third-order valence-electron chi connectivity index (χ3n) is 2.39. The summed E-state index contributed by atoms with van der Waals surface area (Å²) in [6.07, 6.45) is 3.16. The quantitative estimate of drug-likeness (QED) is 0.863. The molecule has 0 unspecified atom stereocenters. The topological polar surface area (TPSA) is 57.4 Å². The molecule has 1 aromatic carbocycles. The fourth-order valence-electron chi connectivity index (χ4n) is 1.51. The summed E-state index contributed by atoms with van der Waals surface area (Å²) >= 11 is 5.82. The minimum absolute atomic E-state index is 0.367. The van der Waals surface area contributed by atoms with Crippen LogP contribution in [-0.2, 0) is 6.61 Å². The van der Waals surface area contributed by atoms with Gasteiger partial charge in [-0.1, -0.05) is 11.6 Å². The van der Waals surface area contributed by atoms with Gasteiger partial charge in [-0.05, 0) is 12.1 Å².